The van der Waals surface area contributed by atoms with Crippen molar-refractivity contribution in [3.63, 3.8) is 0 Å². The Bertz CT molecular complexity index is 969. The molecule has 0 spiro atoms. The smallest absolute Gasteiger partial charge is 0.309 e. The molecule has 3 heterocycles. The molecular formula is C21H22ClN5O2. The number of para-hydroxylation sites is 1. The van der Waals surface area contributed by atoms with E-state index in [0.717, 1.165) is 48.7 Å². The van der Waals surface area contributed by atoms with Gasteiger partial charge in [0.15, 0.2) is 0 Å². The molecule has 0 unspecified atom stereocenters. The van der Waals surface area contributed by atoms with Crippen LogP contribution >= 0.6 is 11.6 Å². The highest BCUT2D eigenvalue weighted by Gasteiger charge is 2.27. The standard InChI is InChI=1S/C21H22ClN5O2/c1-15-18(20(22)27(25-15)17-5-3-2-4-6-17)14-29-21(28)16-7-11-26(12-8-16)19-13-23-9-10-24-19/h2-6,9-10,13,16H,7-8,11-12,14H2,1H3. The molecule has 3 aromatic rings. The number of hydrogen-bond acceptors (Lipinski definition) is 6. The van der Waals surface area contributed by atoms with Crippen molar-refractivity contribution in [3.05, 3.63) is 65.3 Å². The van der Waals surface area contributed by atoms with E-state index < -0.39 is 0 Å². The number of aromatic nitrogens is 4. The lowest BCUT2D eigenvalue weighted by atomic mass is 9.97. The fourth-order valence-electron chi connectivity index (χ4n) is 3.50. The molecule has 0 N–H and O–H groups in total. The zero-order valence-electron chi connectivity index (χ0n) is 16.2. The average molecular weight is 412 g/mol. The molecule has 0 bridgehead atoms. The summed E-state index contributed by atoms with van der Waals surface area (Å²) in [6, 6.07) is 9.65. The molecule has 0 saturated carbocycles. The van der Waals surface area contributed by atoms with Gasteiger partial charge in [0.25, 0.3) is 0 Å². The summed E-state index contributed by atoms with van der Waals surface area (Å²) in [5.74, 6) is 0.535. The van der Waals surface area contributed by atoms with Gasteiger partial charge in [0.1, 0.15) is 17.6 Å². The summed E-state index contributed by atoms with van der Waals surface area (Å²) in [5, 5.41) is 4.96. The second kappa shape index (κ2) is 8.61. The van der Waals surface area contributed by atoms with Crippen LogP contribution in [0.4, 0.5) is 5.82 Å². The Labute approximate surface area is 174 Å². The van der Waals surface area contributed by atoms with E-state index in [-0.39, 0.29) is 18.5 Å². The van der Waals surface area contributed by atoms with Gasteiger partial charge in [0.05, 0.1) is 23.5 Å². The maximum absolute atomic E-state index is 12.6. The minimum absolute atomic E-state index is 0.119. The van der Waals surface area contributed by atoms with Crippen LogP contribution in [-0.2, 0) is 16.1 Å². The van der Waals surface area contributed by atoms with Crippen LogP contribution < -0.4 is 4.90 Å². The largest absolute Gasteiger partial charge is 0.460 e. The molecule has 0 aliphatic carbocycles. The van der Waals surface area contributed by atoms with Crippen molar-refractivity contribution in [3.8, 4) is 5.69 Å². The number of rotatable bonds is 5. The molecule has 0 amide bonds. The highest BCUT2D eigenvalue weighted by Crippen LogP contribution is 2.26. The maximum atomic E-state index is 12.6. The van der Waals surface area contributed by atoms with Crippen LogP contribution in [0.5, 0.6) is 0 Å². The molecule has 0 radical (unpaired) electrons. The molecule has 8 heteroatoms. The number of aryl methyl sites for hydroxylation is 1. The van der Waals surface area contributed by atoms with Gasteiger partial charge in [-0.1, -0.05) is 29.8 Å². The van der Waals surface area contributed by atoms with Crippen LogP contribution in [0.1, 0.15) is 24.1 Å². The lowest BCUT2D eigenvalue weighted by molar-refractivity contribution is -0.150. The van der Waals surface area contributed by atoms with E-state index >= 15 is 0 Å². The van der Waals surface area contributed by atoms with Gasteiger partial charge >= 0.3 is 5.97 Å². The molecule has 1 saturated heterocycles. The van der Waals surface area contributed by atoms with E-state index in [1.54, 1.807) is 23.3 Å². The lowest BCUT2D eigenvalue weighted by Gasteiger charge is -2.31. The number of anilines is 1. The third-order valence-electron chi connectivity index (χ3n) is 5.18. The molecule has 1 aliphatic rings. The quantitative estimate of drug-likeness (QED) is 0.597. The summed E-state index contributed by atoms with van der Waals surface area (Å²) in [7, 11) is 0. The van der Waals surface area contributed by atoms with E-state index in [1.165, 1.54) is 0 Å². The molecule has 1 fully saturated rings. The van der Waals surface area contributed by atoms with Gasteiger partial charge < -0.3 is 9.64 Å². The van der Waals surface area contributed by atoms with Crippen LogP contribution in [0.3, 0.4) is 0 Å². The molecule has 29 heavy (non-hydrogen) atoms. The molecule has 1 aromatic carbocycles. The first-order chi connectivity index (χ1) is 14.1. The van der Waals surface area contributed by atoms with E-state index in [1.807, 2.05) is 37.3 Å². The van der Waals surface area contributed by atoms with Gasteiger partial charge in [-0.3, -0.25) is 9.78 Å². The molecule has 7 nitrogen and oxygen atoms in total. The average Bonchev–Trinajstić information content (AvgIpc) is 3.07. The van der Waals surface area contributed by atoms with E-state index in [2.05, 4.69) is 20.0 Å². The number of piperidine rings is 1. The minimum Gasteiger partial charge on any atom is -0.460 e. The van der Waals surface area contributed by atoms with Crippen molar-refractivity contribution < 1.29 is 9.53 Å². The number of esters is 1. The Kier molecular flexibility index (Phi) is 5.76. The summed E-state index contributed by atoms with van der Waals surface area (Å²) in [4.78, 5) is 23.1. The van der Waals surface area contributed by atoms with Gasteiger partial charge in [-0.25, -0.2) is 9.67 Å². The van der Waals surface area contributed by atoms with Gasteiger partial charge in [-0.05, 0) is 31.9 Å². The SMILES string of the molecule is Cc1nn(-c2ccccc2)c(Cl)c1COC(=O)C1CCN(c2cnccn2)CC1. The highest BCUT2D eigenvalue weighted by atomic mass is 35.5. The molecule has 4 rings (SSSR count). The first-order valence-electron chi connectivity index (χ1n) is 9.60. The third-order valence-corrected chi connectivity index (χ3v) is 5.57. The first-order valence-corrected chi connectivity index (χ1v) is 9.98. The minimum atomic E-state index is -0.188. The molecule has 1 aliphatic heterocycles. The van der Waals surface area contributed by atoms with Crippen LogP contribution in [0.2, 0.25) is 5.15 Å². The van der Waals surface area contributed by atoms with Crippen LogP contribution in [-0.4, -0.2) is 38.8 Å². The Morgan fingerprint density at radius 2 is 1.97 bits per heavy atom. The zero-order valence-corrected chi connectivity index (χ0v) is 16.9. The fourth-order valence-corrected chi connectivity index (χ4v) is 3.82. The van der Waals surface area contributed by atoms with E-state index in [0.29, 0.717) is 5.15 Å². The lowest BCUT2D eigenvalue weighted by Crippen LogP contribution is -2.37. The number of carbonyl (C=O) groups excluding carboxylic acids is 1. The Balaban J connectivity index is 1.35. The van der Waals surface area contributed by atoms with Crippen LogP contribution in [0, 0.1) is 12.8 Å². The summed E-state index contributed by atoms with van der Waals surface area (Å²) >= 11 is 6.51. The fraction of sp³-hybridized carbons (Fsp3) is 0.333. The normalized spacial score (nSPS) is 14.8. The predicted molar refractivity (Wildman–Crippen MR) is 110 cm³/mol. The maximum Gasteiger partial charge on any atom is 0.309 e. The van der Waals surface area contributed by atoms with Crippen molar-refractivity contribution in [2.75, 3.05) is 18.0 Å². The molecule has 2 aromatic heterocycles. The predicted octanol–water partition coefficient (Wildman–Crippen LogP) is 3.58. The van der Waals surface area contributed by atoms with Crippen molar-refractivity contribution >= 4 is 23.4 Å². The number of halogens is 1. The molecule has 0 atom stereocenters. The second-order valence-electron chi connectivity index (χ2n) is 7.03. The van der Waals surface area contributed by atoms with Gasteiger partial charge in [-0.15, -0.1) is 0 Å². The van der Waals surface area contributed by atoms with Gasteiger partial charge in [0.2, 0.25) is 0 Å². The van der Waals surface area contributed by atoms with Gasteiger partial charge in [-0.2, -0.15) is 5.10 Å². The van der Waals surface area contributed by atoms with Gasteiger partial charge in [0, 0.05) is 31.0 Å². The van der Waals surface area contributed by atoms with E-state index in [9.17, 15) is 4.79 Å². The van der Waals surface area contributed by atoms with Crippen molar-refractivity contribution in [1.82, 2.24) is 19.7 Å². The van der Waals surface area contributed by atoms with Crippen molar-refractivity contribution in [1.29, 1.82) is 0 Å². The second-order valence-corrected chi connectivity index (χ2v) is 7.39. The Morgan fingerprint density at radius 3 is 2.66 bits per heavy atom. The third kappa shape index (κ3) is 4.24. The Morgan fingerprint density at radius 1 is 1.21 bits per heavy atom. The highest BCUT2D eigenvalue weighted by molar-refractivity contribution is 6.30. The summed E-state index contributed by atoms with van der Waals surface area (Å²) in [5.41, 5.74) is 2.36. The number of nitrogens with zero attached hydrogens (tertiary/aromatic N) is 5. The molecular weight excluding hydrogens is 390 g/mol. The number of benzene rings is 1. The van der Waals surface area contributed by atoms with E-state index in [4.69, 9.17) is 16.3 Å². The summed E-state index contributed by atoms with van der Waals surface area (Å²) in [6.45, 7) is 3.50. The monoisotopic (exact) mass is 411 g/mol. The zero-order chi connectivity index (χ0) is 20.2. The number of carbonyl (C=O) groups is 1. The van der Waals surface area contributed by atoms with Crippen molar-refractivity contribution in [2.45, 2.75) is 26.4 Å². The number of hydrogen-bond donors (Lipinski definition) is 0. The van der Waals surface area contributed by atoms with Crippen LogP contribution in [0.15, 0.2) is 48.9 Å². The Hall–Kier alpha value is -2.93. The van der Waals surface area contributed by atoms with Crippen LogP contribution in [0.25, 0.3) is 5.69 Å². The first kappa shape index (κ1) is 19.4. The topological polar surface area (TPSA) is 73.1 Å². The van der Waals surface area contributed by atoms with Crippen molar-refractivity contribution in [2.24, 2.45) is 5.92 Å². The molecule has 150 valence electrons. The summed E-state index contributed by atoms with van der Waals surface area (Å²) < 4.78 is 7.26. The summed E-state index contributed by atoms with van der Waals surface area (Å²) in [6.07, 6.45) is 6.53. The number of ether oxygens (including phenoxy) is 1.